The summed E-state index contributed by atoms with van der Waals surface area (Å²) in [5.41, 5.74) is 2.52. The van der Waals surface area contributed by atoms with E-state index in [4.69, 9.17) is 4.74 Å². The molecule has 0 fully saturated rings. The molecule has 0 aliphatic rings. The summed E-state index contributed by atoms with van der Waals surface area (Å²) in [6.45, 7) is 4.11. The Labute approximate surface area is 212 Å². The standard InChI is InChI=1S/C26H25N3O5S2/c1-17(2)19-11-14-22-23(15-19)35-26(29(22)16-24(30)34-3)27-25(31)18-9-12-20(13-10-18)28-36(32,33)21-7-5-4-6-8-21/h4-15,17,28H,16H2,1-3H3. The number of amides is 1. The highest BCUT2D eigenvalue weighted by molar-refractivity contribution is 7.92. The fraction of sp³-hybridized carbons (Fsp3) is 0.192. The van der Waals surface area contributed by atoms with E-state index in [-0.39, 0.29) is 17.0 Å². The van der Waals surface area contributed by atoms with Gasteiger partial charge in [-0.3, -0.25) is 14.3 Å². The van der Waals surface area contributed by atoms with E-state index < -0.39 is 21.9 Å². The third-order valence-electron chi connectivity index (χ3n) is 5.52. The zero-order valence-electron chi connectivity index (χ0n) is 20.0. The number of fused-ring (bicyclic) bond motifs is 1. The van der Waals surface area contributed by atoms with Crippen LogP contribution in [0.15, 0.2) is 82.7 Å². The number of hydrogen-bond donors (Lipinski definition) is 1. The van der Waals surface area contributed by atoms with E-state index in [2.05, 4.69) is 23.6 Å². The largest absolute Gasteiger partial charge is 0.468 e. The molecule has 0 saturated heterocycles. The molecule has 10 heteroatoms. The number of esters is 1. The van der Waals surface area contributed by atoms with Crippen LogP contribution in [0.2, 0.25) is 0 Å². The first-order valence-electron chi connectivity index (χ1n) is 11.1. The van der Waals surface area contributed by atoms with Crippen LogP contribution in [0.1, 0.15) is 35.7 Å². The topological polar surface area (TPSA) is 107 Å². The minimum absolute atomic E-state index is 0.0795. The normalized spacial score (nSPS) is 12.2. The molecular weight excluding hydrogens is 498 g/mol. The Kier molecular flexibility index (Phi) is 7.37. The zero-order valence-corrected chi connectivity index (χ0v) is 21.6. The summed E-state index contributed by atoms with van der Waals surface area (Å²) >= 11 is 1.32. The molecule has 0 bridgehead atoms. The number of carbonyl (C=O) groups is 2. The highest BCUT2D eigenvalue weighted by Gasteiger charge is 2.16. The Morgan fingerprint density at radius 3 is 2.36 bits per heavy atom. The van der Waals surface area contributed by atoms with Crippen LogP contribution >= 0.6 is 11.3 Å². The molecule has 0 spiro atoms. The molecule has 1 N–H and O–H groups in total. The molecule has 0 aliphatic heterocycles. The van der Waals surface area contributed by atoms with Crippen molar-refractivity contribution in [1.29, 1.82) is 0 Å². The maximum absolute atomic E-state index is 13.0. The fourth-order valence-electron chi connectivity index (χ4n) is 3.53. The van der Waals surface area contributed by atoms with Gasteiger partial charge in [0.1, 0.15) is 6.54 Å². The Morgan fingerprint density at radius 2 is 1.72 bits per heavy atom. The van der Waals surface area contributed by atoms with Crippen molar-refractivity contribution in [3.05, 3.63) is 88.7 Å². The van der Waals surface area contributed by atoms with E-state index >= 15 is 0 Å². The van der Waals surface area contributed by atoms with Gasteiger partial charge in [-0.2, -0.15) is 4.99 Å². The van der Waals surface area contributed by atoms with Crippen molar-refractivity contribution >= 4 is 49.1 Å². The predicted molar refractivity (Wildman–Crippen MR) is 140 cm³/mol. The second-order valence-electron chi connectivity index (χ2n) is 8.34. The van der Waals surface area contributed by atoms with Gasteiger partial charge < -0.3 is 9.30 Å². The highest BCUT2D eigenvalue weighted by atomic mass is 32.2. The van der Waals surface area contributed by atoms with Crippen LogP contribution in [-0.2, 0) is 26.1 Å². The second kappa shape index (κ2) is 10.5. The molecule has 0 aliphatic carbocycles. The van der Waals surface area contributed by atoms with Gasteiger partial charge in [0.25, 0.3) is 15.9 Å². The maximum atomic E-state index is 13.0. The molecule has 186 valence electrons. The van der Waals surface area contributed by atoms with Gasteiger partial charge in [0, 0.05) is 11.3 Å². The van der Waals surface area contributed by atoms with Crippen molar-refractivity contribution < 1.29 is 22.7 Å². The first-order chi connectivity index (χ1) is 17.2. The molecule has 3 aromatic carbocycles. The number of hydrogen-bond acceptors (Lipinski definition) is 6. The number of aromatic nitrogens is 1. The smallest absolute Gasteiger partial charge is 0.325 e. The fourth-order valence-corrected chi connectivity index (χ4v) is 5.68. The number of methoxy groups -OCH3 is 1. The van der Waals surface area contributed by atoms with Crippen LogP contribution < -0.4 is 9.52 Å². The Hall–Kier alpha value is -3.76. The minimum Gasteiger partial charge on any atom is -0.468 e. The molecule has 0 radical (unpaired) electrons. The van der Waals surface area contributed by atoms with Gasteiger partial charge in [-0.15, -0.1) is 0 Å². The average molecular weight is 524 g/mol. The number of sulfonamides is 1. The van der Waals surface area contributed by atoms with Crippen LogP contribution in [0.5, 0.6) is 0 Å². The summed E-state index contributed by atoms with van der Waals surface area (Å²) < 4.78 is 34.9. The Morgan fingerprint density at radius 1 is 1.03 bits per heavy atom. The van der Waals surface area contributed by atoms with Gasteiger partial charge in [-0.05, 0) is 60.0 Å². The first kappa shape index (κ1) is 25.3. The number of benzene rings is 3. The molecular formula is C26H25N3O5S2. The molecule has 1 heterocycles. The highest BCUT2D eigenvalue weighted by Crippen LogP contribution is 2.24. The van der Waals surface area contributed by atoms with Crippen LogP contribution in [0.3, 0.4) is 0 Å². The van der Waals surface area contributed by atoms with Crippen LogP contribution in [0, 0.1) is 0 Å². The molecule has 1 amide bonds. The summed E-state index contributed by atoms with van der Waals surface area (Å²) in [4.78, 5) is 29.8. The number of ether oxygens (including phenoxy) is 1. The number of thiazole rings is 1. The van der Waals surface area contributed by atoms with Gasteiger partial charge in [-0.25, -0.2) is 8.42 Å². The lowest BCUT2D eigenvalue weighted by Crippen LogP contribution is -2.22. The zero-order chi connectivity index (χ0) is 25.9. The van der Waals surface area contributed by atoms with E-state index in [0.29, 0.717) is 16.4 Å². The van der Waals surface area contributed by atoms with E-state index in [0.717, 1.165) is 15.8 Å². The van der Waals surface area contributed by atoms with Crippen molar-refractivity contribution in [3.63, 3.8) is 0 Å². The molecule has 0 saturated carbocycles. The van der Waals surface area contributed by atoms with Gasteiger partial charge >= 0.3 is 5.97 Å². The average Bonchev–Trinajstić information content (AvgIpc) is 3.20. The summed E-state index contributed by atoms with van der Waals surface area (Å²) in [5, 5.41) is 0. The molecule has 4 rings (SSSR count). The molecule has 4 aromatic rings. The van der Waals surface area contributed by atoms with Crippen molar-refractivity contribution in [2.24, 2.45) is 4.99 Å². The quantitative estimate of drug-likeness (QED) is 0.358. The van der Waals surface area contributed by atoms with Gasteiger partial charge in [0.2, 0.25) is 0 Å². The molecule has 0 unspecified atom stereocenters. The predicted octanol–water partition coefficient (Wildman–Crippen LogP) is 4.54. The molecule has 0 atom stereocenters. The van der Waals surface area contributed by atoms with E-state index in [1.165, 1.54) is 54.8 Å². The van der Waals surface area contributed by atoms with Crippen molar-refractivity contribution in [2.45, 2.75) is 31.2 Å². The Bertz CT molecular complexity index is 1590. The van der Waals surface area contributed by atoms with Gasteiger partial charge in [0.05, 0.1) is 22.2 Å². The third-order valence-corrected chi connectivity index (χ3v) is 7.96. The third kappa shape index (κ3) is 5.55. The number of anilines is 1. The van der Waals surface area contributed by atoms with Crippen LogP contribution in [0.25, 0.3) is 10.2 Å². The number of rotatable bonds is 7. The molecule has 1 aromatic heterocycles. The monoisotopic (exact) mass is 523 g/mol. The SMILES string of the molecule is COC(=O)Cn1c(=NC(=O)c2ccc(NS(=O)(=O)c3ccccc3)cc2)sc2cc(C(C)C)ccc21. The molecule has 36 heavy (non-hydrogen) atoms. The second-order valence-corrected chi connectivity index (χ2v) is 11.0. The van der Waals surface area contributed by atoms with Crippen molar-refractivity contribution in [2.75, 3.05) is 11.8 Å². The summed E-state index contributed by atoms with van der Waals surface area (Å²) in [6.07, 6.45) is 0. The van der Waals surface area contributed by atoms with E-state index in [1.54, 1.807) is 22.8 Å². The first-order valence-corrected chi connectivity index (χ1v) is 13.4. The van der Waals surface area contributed by atoms with Gasteiger partial charge in [-0.1, -0.05) is 49.4 Å². The summed E-state index contributed by atoms with van der Waals surface area (Å²) in [7, 11) is -2.43. The van der Waals surface area contributed by atoms with E-state index in [9.17, 15) is 18.0 Å². The number of carbonyl (C=O) groups excluding carboxylic acids is 2. The number of nitrogens with zero attached hydrogens (tertiary/aromatic N) is 2. The minimum atomic E-state index is -3.74. The van der Waals surface area contributed by atoms with Gasteiger partial charge in [0.15, 0.2) is 4.80 Å². The van der Waals surface area contributed by atoms with Crippen molar-refractivity contribution in [1.82, 2.24) is 4.57 Å². The lowest BCUT2D eigenvalue weighted by atomic mass is 10.0. The number of nitrogens with one attached hydrogen (secondary N) is 1. The van der Waals surface area contributed by atoms with Crippen molar-refractivity contribution in [3.8, 4) is 0 Å². The van der Waals surface area contributed by atoms with E-state index in [1.807, 2.05) is 18.2 Å². The maximum Gasteiger partial charge on any atom is 0.325 e. The summed E-state index contributed by atoms with van der Waals surface area (Å²) in [5.74, 6) is -0.640. The summed E-state index contributed by atoms with van der Waals surface area (Å²) in [6, 6.07) is 20.0. The molecule has 8 nitrogen and oxygen atoms in total. The Balaban J connectivity index is 1.65. The lowest BCUT2D eigenvalue weighted by molar-refractivity contribution is -0.141. The lowest BCUT2D eigenvalue weighted by Gasteiger charge is -2.08. The van der Waals surface area contributed by atoms with Crippen LogP contribution in [-0.4, -0.2) is 32.0 Å². The van der Waals surface area contributed by atoms with Crippen LogP contribution in [0.4, 0.5) is 5.69 Å².